The van der Waals surface area contributed by atoms with E-state index in [0.717, 1.165) is 30.0 Å². The molecule has 2 aromatic rings. The van der Waals surface area contributed by atoms with E-state index in [1.807, 2.05) is 0 Å². The van der Waals surface area contributed by atoms with Crippen LogP contribution in [-0.2, 0) is 15.7 Å². The van der Waals surface area contributed by atoms with Gasteiger partial charge in [0.1, 0.15) is 5.60 Å². The Labute approximate surface area is 177 Å². The fraction of sp³-hybridized carbons (Fsp3) is 0.381. The molecule has 0 bridgehead atoms. The van der Waals surface area contributed by atoms with Crippen molar-refractivity contribution >= 4 is 17.8 Å². The first-order chi connectivity index (χ1) is 14.2. The summed E-state index contributed by atoms with van der Waals surface area (Å²) in [5, 5.41) is 0. The molecule has 7 nitrogen and oxygen atoms in total. The molecule has 0 aliphatic rings. The number of aromatic nitrogens is 1. The Balaban J connectivity index is 2.67. The number of hydrogen-bond donors (Lipinski definition) is 1. The van der Waals surface area contributed by atoms with Crippen LogP contribution in [0.2, 0.25) is 0 Å². The van der Waals surface area contributed by atoms with Gasteiger partial charge in [0.15, 0.2) is 5.78 Å². The van der Waals surface area contributed by atoms with Crippen molar-refractivity contribution in [3.8, 4) is 0 Å². The zero-order chi connectivity index (χ0) is 23.7. The lowest BCUT2D eigenvalue weighted by Gasteiger charge is -2.21. The van der Waals surface area contributed by atoms with Gasteiger partial charge in [-0.2, -0.15) is 13.2 Å². The average Bonchev–Trinajstić information content (AvgIpc) is 2.89. The standard InChI is InChI=1S/C21H23F3N2O5/c1-11-15(17(27)13-9-7-8-10-14(13)21(22,23)24)16(18(28)30-6)12(2)26(11)25-19(29)31-20(3,4)5/h7-10H,1-6H3,(H,25,29). The second kappa shape index (κ2) is 8.44. The molecule has 0 fully saturated rings. The minimum absolute atomic E-state index is 0.0470. The fourth-order valence-corrected chi connectivity index (χ4v) is 3.09. The number of methoxy groups -OCH3 is 1. The van der Waals surface area contributed by atoms with Crippen LogP contribution in [0.5, 0.6) is 0 Å². The van der Waals surface area contributed by atoms with Gasteiger partial charge < -0.3 is 9.47 Å². The number of amides is 1. The number of ketones is 1. The molecule has 1 heterocycles. The molecule has 0 aliphatic carbocycles. The van der Waals surface area contributed by atoms with Gasteiger partial charge in [-0.25, -0.2) is 15.0 Å². The first-order valence-electron chi connectivity index (χ1n) is 9.20. The van der Waals surface area contributed by atoms with Crippen molar-refractivity contribution in [1.82, 2.24) is 4.68 Å². The minimum atomic E-state index is -4.78. The third kappa shape index (κ3) is 5.07. The number of hydrogen-bond acceptors (Lipinski definition) is 5. The van der Waals surface area contributed by atoms with E-state index < -0.39 is 40.8 Å². The van der Waals surface area contributed by atoms with E-state index in [-0.39, 0.29) is 22.5 Å². The summed E-state index contributed by atoms with van der Waals surface area (Å²) in [6, 6.07) is 4.26. The van der Waals surface area contributed by atoms with Gasteiger partial charge in [0, 0.05) is 11.3 Å². The molecule has 0 saturated carbocycles. The Morgan fingerprint density at radius 2 is 1.52 bits per heavy atom. The van der Waals surface area contributed by atoms with Crippen LogP contribution in [0, 0.1) is 13.8 Å². The number of ether oxygens (including phenoxy) is 2. The van der Waals surface area contributed by atoms with E-state index in [4.69, 9.17) is 9.47 Å². The van der Waals surface area contributed by atoms with Crippen LogP contribution in [0.25, 0.3) is 0 Å². The average molecular weight is 440 g/mol. The normalized spacial score (nSPS) is 11.8. The third-order valence-electron chi connectivity index (χ3n) is 4.34. The highest BCUT2D eigenvalue weighted by Gasteiger charge is 2.37. The van der Waals surface area contributed by atoms with E-state index in [2.05, 4.69) is 5.43 Å². The van der Waals surface area contributed by atoms with Gasteiger partial charge in [-0.3, -0.25) is 9.47 Å². The Bertz CT molecular complexity index is 1030. The number of nitrogens with zero attached hydrogens (tertiary/aromatic N) is 1. The van der Waals surface area contributed by atoms with Crippen LogP contribution in [0.4, 0.5) is 18.0 Å². The second-order valence-electron chi connectivity index (χ2n) is 7.73. The van der Waals surface area contributed by atoms with Gasteiger partial charge in [-0.05, 0) is 40.7 Å². The number of rotatable bonds is 4. The van der Waals surface area contributed by atoms with Gasteiger partial charge in [0.05, 0.1) is 29.5 Å². The highest BCUT2D eigenvalue weighted by atomic mass is 19.4. The summed E-state index contributed by atoms with van der Waals surface area (Å²) >= 11 is 0. The molecule has 1 aromatic heterocycles. The number of benzene rings is 1. The SMILES string of the molecule is COC(=O)c1c(C(=O)c2ccccc2C(F)(F)F)c(C)n(NC(=O)OC(C)(C)C)c1C. The first kappa shape index (κ1) is 24.0. The lowest BCUT2D eigenvalue weighted by molar-refractivity contribution is -0.137. The van der Waals surface area contributed by atoms with Crippen molar-refractivity contribution in [2.45, 2.75) is 46.4 Å². The predicted octanol–water partition coefficient (Wildman–Crippen LogP) is 4.62. The van der Waals surface area contributed by atoms with E-state index >= 15 is 0 Å². The van der Waals surface area contributed by atoms with Crippen molar-refractivity contribution < 1.29 is 37.0 Å². The molecule has 1 N–H and O–H groups in total. The molecule has 1 aromatic carbocycles. The summed E-state index contributed by atoms with van der Waals surface area (Å²) in [4.78, 5) is 37.8. The van der Waals surface area contributed by atoms with Crippen molar-refractivity contribution in [3.63, 3.8) is 0 Å². The minimum Gasteiger partial charge on any atom is -0.465 e. The van der Waals surface area contributed by atoms with Crippen molar-refractivity contribution in [2.24, 2.45) is 0 Å². The summed E-state index contributed by atoms with van der Waals surface area (Å²) < 4.78 is 51.3. The largest absolute Gasteiger partial charge is 0.465 e. The molecule has 10 heteroatoms. The van der Waals surface area contributed by atoms with E-state index in [9.17, 15) is 27.6 Å². The quantitative estimate of drug-likeness (QED) is 0.554. The van der Waals surface area contributed by atoms with Crippen LogP contribution in [0.15, 0.2) is 24.3 Å². The Morgan fingerprint density at radius 1 is 0.968 bits per heavy atom. The highest BCUT2D eigenvalue weighted by Crippen LogP contribution is 2.34. The molecule has 31 heavy (non-hydrogen) atoms. The van der Waals surface area contributed by atoms with Gasteiger partial charge in [-0.15, -0.1) is 0 Å². The summed E-state index contributed by atoms with van der Waals surface area (Å²) in [7, 11) is 1.08. The summed E-state index contributed by atoms with van der Waals surface area (Å²) in [5.74, 6) is -1.96. The lowest BCUT2D eigenvalue weighted by Crippen LogP contribution is -2.32. The number of carbonyl (C=O) groups is 3. The van der Waals surface area contributed by atoms with E-state index in [1.54, 1.807) is 20.8 Å². The summed E-state index contributed by atoms with van der Waals surface area (Å²) in [6.07, 6.45) is -5.65. The molecule has 0 saturated heterocycles. The van der Waals surface area contributed by atoms with Crippen LogP contribution in [0.1, 0.15) is 64.0 Å². The number of carbonyl (C=O) groups excluding carboxylic acids is 3. The summed E-state index contributed by atoms with van der Waals surface area (Å²) in [5.41, 5.74) is -0.604. The van der Waals surface area contributed by atoms with Crippen LogP contribution in [-0.4, -0.2) is 35.2 Å². The van der Waals surface area contributed by atoms with Gasteiger partial charge >= 0.3 is 18.2 Å². The van der Waals surface area contributed by atoms with E-state index in [1.165, 1.54) is 19.9 Å². The van der Waals surface area contributed by atoms with Crippen LogP contribution >= 0.6 is 0 Å². The maximum atomic E-state index is 13.4. The molecule has 0 spiro atoms. The zero-order valence-electron chi connectivity index (χ0n) is 17.9. The van der Waals surface area contributed by atoms with Crippen LogP contribution in [0.3, 0.4) is 0 Å². The molecule has 0 atom stereocenters. The van der Waals surface area contributed by atoms with Crippen LogP contribution < -0.4 is 5.43 Å². The maximum absolute atomic E-state index is 13.4. The predicted molar refractivity (Wildman–Crippen MR) is 106 cm³/mol. The molecule has 0 unspecified atom stereocenters. The smallest absolute Gasteiger partial charge is 0.426 e. The molecule has 2 rings (SSSR count). The monoisotopic (exact) mass is 440 g/mol. The Morgan fingerprint density at radius 3 is 2.03 bits per heavy atom. The zero-order valence-corrected chi connectivity index (χ0v) is 17.9. The van der Waals surface area contributed by atoms with Gasteiger partial charge in [0.25, 0.3) is 0 Å². The fourth-order valence-electron chi connectivity index (χ4n) is 3.09. The maximum Gasteiger partial charge on any atom is 0.426 e. The molecular weight excluding hydrogens is 417 g/mol. The number of esters is 1. The molecular formula is C21H23F3N2O5. The molecule has 1 amide bonds. The number of alkyl halides is 3. The summed E-state index contributed by atoms with van der Waals surface area (Å²) in [6.45, 7) is 7.74. The van der Waals surface area contributed by atoms with Gasteiger partial charge in [0.2, 0.25) is 0 Å². The number of nitrogens with one attached hydrogen (secondary N) is 1. The Hall–Kier alpha value is -3.30. The van der Waals surface area contributed by atoms with Crippen molar-refractivity contribution in [3.05, 3.63) is 57.9 Å². The van der Waals surface area contributed by atoms with Crippen molar-refractivity contribution in [1.29, 1.82) is 0 Å². The van der Waals surface area contributed by atoms with Crippen molar-refractivity contribution in [2.75, 3.05) is 12.5 Å². The molecule has 168 valence electrons. The second-order valence-corrected chi connectivity index (χ2v) is 7.73. The third-order valence-corrected chi connectivity index (χ3v) is 4.34. The lowest BCUT2D eigenvalue weighted by atomic mass is 9.95. The number of halogens is 3. The van der Waals surface area contributed by atoms with Gasteiger partial charge in [-0.1, -0.05) is 18.2 Å². The molecule has 0 aliphatic heterocycles. The molecule has 0 radical (unpaired) electrons. The first-order valence-corrected chi connectivity index (χ1v) is 9.20. The van der Waals surface area contributed by atoms with E-state index in [0.29, 0.717) is 0 Å². The highest BCUT2D eigenvalue weighted by molar-refractivity contribution is 6.16. The Kier molecular flexibility index (Phi) is 6.53. The topological polar surface area (TPSA) is 86.6 Å².